The number of aryl methyl sites for hydroxylation is 2. The van der Waals surface area contributed by atoms with Gasteiger partial charge in [0.1, 0.15) is 0 Å². The number of rotatable bonds is 3. The maximum atomic E-state index is 3.52. The van der Waals surface area contributed by atoms with Gasteiger partial charge in [-0.25, -0.2) is 0 Å². The normalized spacial score (nSPS) is 13.5. The maximum absolute atomic E-state index is 3.52. The highest BCUT2D eigenvalue weighted by Gasteiger charge is 2.14. The van der Waals surface area contributed by atoms with Crippen LogP contribution in [0.1, 0.15) is 28.7 Å². The fourth-order valence-corrected chi connectivity index (χ4v) is 3.31. The van der Waals surface area contributed by atoms with Crippen LogP contribution in [0.2, 0.25) is 0 Å². The molecule has 110 valence electrons. The average Bonchev–Trinajstić information content (AvgIpc) is 2.47. The van der Waals surface area contributed by atoms with Gasteiger partial charge in [0.05, 0.1) is 0 Å². The maximum Gasteiger partial charge on any atom is 0.0429 e. The first-order valence-corrected chi connectivity index (χ1v) is 7.78. The van der Waals surface area contributed by atoms with E-state index in [0.717, 1.165) is 13.1 Å². The summed E-state index contributed by atoms with van der Waals surface area (Å²) in [5.41, 5.74) is 8.27. The van der Waals surface area contributed by atoms with Crippen LogP contribution in [0.3, 0.4) is 0 Å². The third-order valence-corrected chi connectivity index (χ3v) is 4.36. The van der Waals surface area contributed by atoms with Crippen LogP contribution in [0.25, 0.3) is 0 Å². The molecule has 0 atom stereocenters. The molecular weight excluding hydrogens is 256 g/mol. The van der Waals surface area contributed by atoms with Gasteiger partial charge >= 0.3 is 0 Å². The molecule has 1 N–H and O–H groups in total. The van der Waals surface area contributed by atoms with Crippen molar-refractivity contribution in [3.8, 4) is 0 Å². The molecule has 0 spiro atoms. The molecule has 1 aliphatic rings. The third kappa shape index (κ3) is 2.90. The van der Waals surface area contributed by atoms with Gasteiger partial charge in [0.25, 0.3) is 0 Å². The van der Waals surface area contributed by atoms with Gasteiger partial charge in [-0.1, -0.05) is 29.8 Å². The number of nitrogens with zero attached hydrogens (tertiary/aromatic N) is 1. The van der Waals surface area contributed by atoms with Crippen molar-refractivity contribution in [2.75, 3.05) is 23.8 Å². The van der Waals surface area contributed by atoms with Crippen LogP contribution in [0.5, 0.6) is 0 Å². The lowest BCUT2D eigenvalue weighted by Gasteiger charge is -2.26. The van der Waals surface area contributed by atoms with Gasteiger partial charge in [-0.2, -0.15) is 0 Å². The Morgan fingerprint density at radius 3 is 2.81 bits per heavy atom. The van der Waals surface area contributed by atoms with E-state index in [1.54, 1.807) is 0 Å². The molecule has 0 aliphatic carbocycles. The minimum atomic E-state index is 0.967. The molecule has 2 aromatic carbocycles. The Morgan fingerprint density at radius 2 is 2.00 bits per heavy atom. The van der Waals surface area contributed by atoms with E-state index in [2.05, 4.69) is 67.5 Å². The molecule has 0 aromatic heterocycles. The van der Waals surface area contributed by atoms with Gasteiger partial charge in [0, 0.05) is 31.5 Å². The Bertz CT molecular complexity index is 646. The topological polar surface area (TPSA) is 15.3 Å². The average molecular weight is 280 g/mol. The fourth-order valence-electron chi connectivity index (χ4n) is 3.31. The molecule has 0 fully saturated rings. The van der Waals surface area contributed by atoms with Gasteiger partial charge in [-0.15, -0.1) is 0 Å². The summed E-state index contributed by atoms with van der Waals surface area (Å²) in [6.45, 7) is 6.41. The van der Waals surface area contributed by atoms with Crippen molar-refractivity contribution in [3.63, 3.8) is 0 Å². The molecule has 1 heterocycles. The highest BCUT2D eigenvalue weighted by molar-refractivity contribution is 5.59. The van der Waals surface area contributed by atoms with E-state index in [4.69, 9.17) is 0 Å². The third-order valence-electron chi connectivity index (χ3n) is 4.36. The predicted octanol–water partition coefficient (Wildman–Crippen LogP) is 4.30. The van der Waals surface area contributed by atoms with E-state index in [1.807, 2.05) is 0 Å². The summed E-state index contributed by atoms with van der Waals surface area (Å²) in [6.07, 6.45) is 2.43. The van der Waals surface area contributed by atoms with E-state index in [1.165, 1.54) is 46.5 Å². The zero-order valence-electron chi connectivity index (χ0n) is 13.2. The van der Waals surface area contributed by atoms with Gasteiger partial charge in [0.2, 0.25) is 0 Å². The molecule has 2 heteroatoms. The van der Waals surface area contributed by atoms with Crippen molar-refractivity contribution < 1.29 is 0 Å². The van der Waals surface area contributed by atoms with Crippen LogP contribution in [-0.2, 0) is 13.0 Å². The number of nitrogens with one attached hydrogen (secondary N) is 1. The molecular formula is C19H24N2. The van der Waals surface area contributed by atoms with Crippen LogP contribution in [0, 0.1) is 13.8 Å². The molecule has 0 saturated carbocycles. The summed E-state index contributed by atoms with van der Waals surface area (Å²) >= 11 is 0. The Morgan fingerprint density at radius 1 is 1.14 bits per heavy atom. The van der Waals surface area contributed by atoms with E-state index >= 15 is 0 Å². The summed E-state index contributed by atoms with van der Waals surface area (Å²) in [6, 6.07) is 13.3. The van der Waals surface area contributed by atoms with E-state index in [-0.39, 0.29) is 0 Å². The quantitative estimate of drug-likeness (QED) is 0.902. The zero-order valence-corrected chi connectivity index (χ0v) is 13.2. The molecule has 2 nitrogen and oxygen atoms in total. The number of anilines is 2. The van der Waals surface area contributed by atoms with E-state index in [0.29, 0.717) is 0 Å². The molecule has 1 aliphatic heterocycles. The minimum Gasteiger partial charge on any atom is -0.385 e. The van der Waals surface area contributed by atoms with Crippen molar-refractivity contribution in [1.29, 1.82) is 0 Å². The second-order valence-corrected chi connectivity index (χ2v) is 6.12. The first-order chi connectivity index (χ1) is 10.1. The van der Waals surface area contributed by atoms with Crippen LogP contribution in [0.4, 0.5) is 11.4 Å². The number of hydrogen-bond donors (Lipinski definition) is 1. The first-order valence-electron chi connectivity index (χ1n) is 7.78. The van der Waals surface area contributed by atoms with Gasteiger partial charge in [-0.3, -0.25) is 0 Å². The SMILES string of the molecule is Cc1ccc(N(C)Cc2cccc3c2CCCN3)c(C)c1. The highest BCUT2D eigenvalue weighted by atomic mass is 15.1. The van der Waals surface area contributed by atoms with Gasteiger partial charge in [0.15, 0.2) is 0 Å². The molecule has 0 radical (unpaired) electrons. The van der Waals surface area contributed by atoms with Crippen LogP contribution in [-0.4, -0.2) is 13.6 Å². The monoisotopic (exact) mass is 280 g/mol. The standard InChI is InChI=1S/C19H24N2/c1-14-9-10-19(15(2)12-14)21(3)13-16-6-4-8-18-17(16)7-5-11-20-18/h4,6,8-10,12,20H,5,7,11,13H2,1-3H3. The molecule has 21 heavy (non-hydrogen) atoms. The highest BCUT2D eigenvalue weighted by Crippen LogP contribution is 2.28. The molecule has 2 aromatic rings. The summed E-state index contributed by atoms with van der Waals surface area (Å²) in [5, 5.41) is 3.52. The van der Waals surface area contributed by atoms with Gasteiger partial charge < -0.3 is 10.2 Å². The van der Waals surface area contributed by atoms with Crippen LogP contribution in [0.15, 0.2) is 36.4 Å². The Kier molecular flexibility index (Phi) is 3.87. The summed E-state index contributed by atoms with van der Waals surface area (Å²) in [4.78, 5) is 2.36. The number of hydrogen-bond acceptors (Lipinski definition) is 2. The Labute approximate surface area is 127 Å². The van der Waals surface area contributed by atoms with Crippen LogP contribution >= 0.6 is 0 Å². The predicted molar refractivity (Wildman–Crippen MR) is 91.3 cm³/mol. The lowest BCUT2D eigenvalue weighted by Crippen LogP contribution is -2.20. The second kappa shape index (κ2) is 5.80. The molecule has 0 unspecified atom stereocenters. The van der Waals surface area contributed by atoms with Crippen molar-refractivity contribution in [2.24, 2.45) is 0 Å². The fraction of sp³-hybridized carbons (Fsp3) is 0.368. The van der Waals surface area contributed by atoms with Crippen molar-refractivity contribution >= 4 is 11.4 Å². The second-order valence-electron chi connectivity index (χ2n) is 6.12. The lowest BCUT2D eigenvalue weighted by atomic mass is 9.97. The summed E-state index contributed by atoms with van der Waals surface area (Å²) in [5.74, 6) is 0. The lowest BCUT2D eigenvalue weighted by molar-refractivity contribution is 0.804. The minimum absolute atomic E-state index is 0.967. The van der Waals surface area contributed by atoms with E-state index in [9.17, 15) is 0 Å². The number of fused-ring (bicyclic) bond motifs is 1. The Balaban J connectivity index is 1.86. The largest absolute Gasteiger partial charge is 0.385 e. The van der Waals surface area contributed by atoms with E-state index < -0.39 is 0 Å². The van der Waals surface area contributed by atoms with Gasteiger partial charge in [-0.05, 0) is 55.5 Å². The van der Waals surface area contributed by atoms with Crippen LogP contribution < -0.4 is 10.2 Å². The summed E-state index contributed by atoms with van der Waals surface area (Å²) in [7, 11) is 2.19. The smallest absolute Gasteiger partial charge is 0.0429 e. The van der Waals surface area contributed by atoms with Crippen molar-refractivity contribution in [2.45, 2.75) is 33.2 Å². The van der Waals surface area contributed by atoms with Crippen molar-refractivity contribution in [3.05, 3.63) is 58.7 Å². The van der Waals surface area contributed by atoms with Crippen molar-refractivity contribution in [1.82, 2.24) is 0 Å². The Hall–Kier alpha value is -1.96. The summed E-state index contributed by atoms with van der Waals surface area (Å²) < 4.78 is 0. The first kappa shape index (κ1) is 14.0. The number of benzene rings is 2. The molecule has 0 amide bonds. The molecule has 0 saturated heterocycles. The molecule has 0 bridgehead atoms. The zero-order chi connectivity index (χ0) is 14.8. The molecule has 3 rings (SSSR count).